The van der Waals surface area contributed by atoms with Crippen molar-refractivity contribution in [3.8, 4) is 5.75 Å². The molecule has 5 nitrogen and oxygen atoms in total. The first-order valence-electron chi connectivity index (χ1n) is 7.40. The molecule has 0 aliphatic carbocycles. The van der Waals surface area contributed by atoms with Gasteiger partial charge in [0.05, 0.1) is 12.7 Å². The molecule has 0 amide bonds. The molecule has 1 fully saturated rings. The second-order valence-electron chi connectivity index (χ2n) is 5.87. The van der Waals surface area contributed by atoms with Crippen molar-refractivity contribution in [2.24, 2.45) is 5.73 Å². The summed E-state index contributed by atoms with van der Waals surface area (Å²) < 4.78 is 10.8. The van der Waals surface area contributed by atoms with Crippen LogP contribution in [0, 0.1) is 0 Å². The van der Waals surface area contributed by atoms with Crippen LogP contribution in [0.1, 0.15) is 31.4 Å². The van der Waals surface area contributed by atoms with Crippen LogP contribution in [0.3, 0.4) is 0 Å². The molecule has 3 N–H and O–H groups in total. The fourth-order valence-corrected chi connectivity index (χ4v) is 2.94. The molecule has 1 saturated heterocycles. The fraction of sp³-hybridized carbons (Fsp3) is 0.625. The molecule has 1 aromatic rings. The molecule has 1 aliphatic rings. The first-order chi connectivity index (χ1) is 9.97. The lowest BCUT2D eigenvalue weighted by molar-refractivity contribution is -0.0572. The van der Waals surface area contributed by atoms with Crippen LogP contribution < -0.4 is 15.4 Å². The van der Waals surface area contributed by atoms with Crippen molar-refractivity contribution in [3.63, 3.8) is 0 Å². The lowest BCUT2D eigenvalue weighted by Gasteiger charge is -2.37. The zero-order chi connectivity index (χ0) is 15.5. The monoisotopic (exact) mass is 294 g/mol. The number of ether oxygens (including phenoxy) is 2. The maximum atomic E-state index is 10.7. The topological polar surface area (TPSA) is 68.0 Å². The zero-order valence-corrected chi connectivity index (χ0v) is 13.1. The van der Waals surface area contributed by atoms with E-state index in [9.17, 15) is 5.11 Å². The van der Waals surface area contributed by atoms with E-state index in [0.717, 1.165) is 17.0 Å². The lowest BCUT2D eigenvalue weighted by atomic mass is 9.93. The minimum Gasteiger partial charge on any atom is -0.496 e. The second kappa shape index (κ2) is 6.64. The lowest BCUT2D eigenvalue weighted by Crippen LogP contribution is -2.46. The standard InChI is InChI=1S/C16H26N2O3/c1-12(17)15-13(5-4-6-14(15)20-3)18(2)11-16(19)7-9-21-10-8-16/h4-6,12,19H,7-11,17H2,1-3H3/t12-/m0/s1. The summed E-state index contributed by atoms with van der Waals surface area (Å²) in [5.41, 5.74) is 7.38. The van der Waals surface area contributed by atoms with Crippen LogP contribution in [0.2, 0.25) is 0 Å². The van der Waals surface area contributed by atoms with Crippen LogP contribution in [-0.4, -0.2) is 44.6 Å². The van der Waals surface area contributed by atoms with Crippen molar-refractivity contribution in [1.29, 1.82) is 0 Å². The minimum atomic E-state index is -0.703. The van der Waals surface area contributed by atoms with E-state index < -0.39 is 5.60 Å². The Morgan fingerprint density at radius 1 is 1.43 bits per heavy atom. The number of anilines is 1. The third-order valence-electron chi connectivity index (χ3n) is 4.08. The van der Waals surface area contributed by atoms with Crippen LogP contribution in [0.25, 0.3) is 0 Å². The van der Waals surface area contributed by atoms with Gasteiger partial charge in [-0.3, -0.25) is 0 Å². The molecule has 118 valence electrons. The van der Waals surface area contributed by atoms with Gasteiger partial charge < -0.3 is 25.2 Å². The van der Waals surface area contributed by atoms with Crippen molar-refractivity contribution >= 4 is 5.69 Å². The second-order valence-corrected chi connectivity index (χ2v) is 5.87. The van der Waals surface area contributed by atoms with E-state index in [1.807, 2.05) is 32.2 Å². The van der Waals surface area contributed by atoms with E-state index in [0.29, 0.717) is 32.6 Å². The number of aliphatic hydroxyl groups is 1. The highest BCUT2D eigenvalue weighted by Gasteiger charge is 2.32. The first kappa shape index (κ1) is 16.1. The van der Waals surface area contributed by atoms with Crippen LogP contribution in [-0.2, 0) is 4.74 Å². The highest BCUT2D eigenvalue weighted by Crippen LogP contribution is 2.34. The number of hydrogen-bond donors (Lipinski definition) is 2. The Kier molecular flexibility index (Phi) is 5.08. The number of hydrogen-bond acceptors (Lipinski definition) is 5. The average Bonchev–Trinajstić information content (AvgIpc) is 2.46. The highest BCUT2D eigenvalue weighted by molar-refractivity contribution is 5.60. The Labute approximate surface area is 126 Å². The summed E-state index contributed by atoms with van der Waals surface area (Å²) in [5, 5.41) is 10.7. The molecule has 0 bridgehead atoms. The molecule has 0 spiro atoms. The fourth-order valence-electron chi connectivity index (χ4n) is 2.94. The Balaban J connectivity index is 2.24. The minimum absolute atomic E-state index is 0.136. The van der Waals surface area contributed by atoms with Gasteiger partial charge in [-0.15, -0.1) is 0 Å². The molecule has 1 heterocycles. The molecule has 21 heavy (non-hydrogen) atoms. The first-order valence-corrected chi connectivity index (χ1v) is 7.40. The van der Waals surface area contributed by atoms with Crippen LogP contribution in [0.15, 0.2) is 18.2 Å². The normalized spacial score (nSPS) is 19.1. The summed E-state index contributed by atoms with van der Waals surface area (Å²) in [6.07, 6.45) is 1.32. The summed E-state index contributed by atoms with van der Waals surface area (Å²) >= 11 is 0. The Morgan fingerprint density at radius 2 is 2.10 bits per heavy atom. The molecule has 0 unspecified atom stereocenters. The average molecular weight is 294 g/mol. The van der Waals surface area contributed by atoms with E-state index >= 15 is 0 Å². The molecule has 0 radical (unpaired) electrons. The van der Waals surface area contributed by atoms with Gasteiger partial charge in [0.2, 0.25) is 0 Å². The van der Waals surface area contributed by atoms with Crippen LogP contribution in [0.5, 0.6) is 5.75 Å². The summed E-state index contributed by atoms with van der Waals surface area (Å²) in [6, 6.07) is 5.75. The van der Waals surface area contributed by atoms with Crippen molar-refractivity contribution in [2.75, 3.05) is 38.8 Å². The molecule has 1 aromatic carbocycles. The van der Waals surface area contributed by atoms with Crippen LogP contribution in [0.4, 0.5) is 5.69 Å². The van der Waals surface area contributed by atoms with Crippen molar-refractivity contribution in [2.45, 2.75) is 31.4 Å². The summed E-state index contributed by atoms with van der Waals surface area (Å²) in [6.45, 7) is 3.73. The van der Waals surface area contributed by atoms with Crippen molar-refractivity contribution in [3.05, 3.63) is 23.8 Å². The van der Waals surface area contributed by atoms with Gasteiger partial charge in [0.25, 0.3) is 0 Å². The molecule has 5 heteroatoms. The molecular weight excluding hydrogens is 268 g/mol. The summed E-state index contributed by atoms with van der Waals surface area (Å²) in [5.74, 6) is 0.785. The van der Waals surface area contributed by atoms with E-state index in [1.165, 1.54) is 0 Å². The van der Waals surface area contributed by atoms with Gasteiger partial charge in [0.15, 0.2) is 0 Å². The summed E-state index contributed by atoms with van der Waals surface area (Å²) in [4.78, 5) is 2.06. The summed E-state index contributed by atoms with van der Waals surface area (Å²) in [7, 11) is 3.63. The molecule has 0 aromatic heterocycles. The predicted molar refractivity (Wildman–Crippen MR) is 83.9 cm³/mol. The number of likely N-dealkylation sites (N-methyl/N-ethyl adjacent to an activating group) is 1. The maximum Gasteiger partial charge on any atom is 0.125 e. The highest BCUT2D eigenvalue weighted by atomic mass is 16.5. The molecule has 1 atom stereocenters. The van der Waals surface area contributed by atoms with E-state index in [2.05, 4.69) is 4.90 Å². The van der Waals surface area contributed by atoms with Gasteiger partial charge in [-0.2, -0.15) is 0 Å². The molecule has 1 aliphatic heterocycles. The predicted octanol–water partition coefficient (Wildman–Crippen LogP) is 1.69. The van der Waals surface area contributed by atoms with E-state index in [1.54, 1.807) is 7.11 Å². The van der Waals surface area contributed by atoms with Gasteiger partial charge in [-0.1, -0.05) is 6.07 Å². The molecule has 2 rings (SSSR count). The Bertz CT molecular complexity index is 471. The zero-order valence-electron chi connectivity index (χ0n) is 13.1. The van der Waals surface area contributed by atoms with E-state index in [4.69, 9.17) is 15.2 Å². The Morgan fingerprint density at radius 3 is 2.67 bits per heavy atom. The number of nitrogens with zero attached hydrogens (tertiary/aromatic N) is 1. The van der Waals surface area contributed by atoms with Gasteiger partial charge in [-0.25, -0.2) is 0 Å². The smallest absolute Gasteiger partial charge is 0.125 e. The third kappa shape index (κ3) is 3.67. The molecular formula is C16H26N2O3. The van der Waals surface area contributed by atoms with Crippen LogP contribution >= 0.6 is 0 Å². The number of benzene rings is 1. The quantitative estimate of drug-likeness (QED) is 0.865. The van der Waals surface area contributed by atoms with Gasteiger partial charge in [0.1, 0.15) is 5.75 Å². The van der Waals surface area contributed by atoms with E-state index in [-0.39, 0.29) is 6.04 Å². The largest absolute Gasteiger partial charge is 0.496 e. The van der Waals surface area contributed by atoms with Crippen molar-refractivity contribution < 1.29 is 14.6 Å². The number of rotatable bonds is 5. The number of nitrogens with two attached hydrogens (primary N) is 1. The van der Waals surface area contributed by atoms with Gasteiger partial charge >= 0.3 is 0 Å². The van der Waals surface area contributed by atoms with Crippen molar-refractivity contribution in [1.82, 2.24) is 0 Å². The Hall–Kier alpha value is -1.30. The SMILES string of the molecule is COc1cccc(N(C)CC2(O)CCOCC2)c1[C@H](C)N. The third-order valence-corrected chi connectivity index (χ3v) is 4.08. The van der Waals surface area contributed by atoms with Gasteiger partial charge in [-0.05, 0) is 19.1 Å². The maximum absolute atomic E-state index is 10.7. The molecule has 0 saturated carbocycles. The van der Waals surface area contributed by atoms with Gasteiger partial charge in [0, 0.05) is 56.9 Å². The number of methoxy groups -OCH3 is 1.